The van der Waals surface area contributed by atoms with Crippen LogP contribution in [0.25, 0.3) is 0 Å². The normalized spacial score (nSPS) is 20.9. The molecular weight excluding hydrogens is 194 g/mol. The van der Waals surface area contributed by atoms with Crippen LogP contribution in [0, 0.1) is 5.92 Å². The van der Waals surface area contributed by atoms with Gasteiger partial charge in [0, 0.05) is 25.5 Å². The van der Waals surface area contributed by atoms with Crippen molar-refractivity contribution in [1.82, 2.24) is 4.90 Å². The average Bonchev–Trinajstić information content (AvgIpc) is 2.14. The molecule has 1 atom stereocenters. The topological polar surface area (TPSA) is 57.6 Å². The van der Waals surface area contributed by atoms with Gasteiger partial charge in [-0.05, 0) is 18.8 Å². The van der Waals surface area contributed by atoms with Gasteiger partial charge in [-0.2, -0.15) is 0 Å². The molecule has 1 fully saturated rings. The summed E-state index contributed by atoms with van der Waals surface area (Å²) in [6, 6.07) is -0.123. The van der Waals surface area contributed by atoms with E-state index in [2.05, 4.69) is 0 Å². The third-order valence-electron chi connectivity index (χ3n) is 2.88. The van der Waals surface area contributed by atoms with E-state index in [9.17, 15) is 9.59 Å². The first kappa shape index (κ1) is 12.2. The first-order valence-electron chi connectivity index (χ1n) is 5.55. The molecule has 1 unspecified atom stereocenters. The van der Waals surface area contributed by atoms with E-state index < -0.39 is 0 Å². The lowest BCUT2D eigenvalue weighted by molar-refractivity contribution is -0.153. The summed E-state index contributed by atoms with van der Waals surface area (Å²) in [5, 5.41) is 8.87. The predicted molar refractivity (Wildman–Crippen MR) is 56.0 cm³/mol. The Labute approximate surface area is 90.3 Å². The van der Waals surface area contributed by atoms with Crippen LogP contribution in [0.5, 0.6) is 0 Å². The number of carbonyl (C=O) groups excluding carboxylic acids is 2. The fourth-order valence-electron chi connectivity index (χ4n) is 2.08. The monoisotopic (exact) mass is 213 g/mol. The van der Waals surface area contributed by atoms with Crippen LogP contribution in [0.1, 0.15) is 39.5 Å². The Morgan fingerprint density at radius 3 is 2.33 bits per heavy atom. The standard InChI is InChI=1S/C11H19NO3/c1-3-9(4-5-13)12-10(14)6-8(2)7-11(12)15/h8-9,13H,3-7H2,1-2H3. The van der Waals surface area contributed by atoms with Gasteiger partial charge in [0.25, 0.3) is 0 Å². The molecule has 2 amide bonds. The quantitative estimate of drug-likeness (QED) is 0.707. The molecular formula is C11H19NO3. The molecule has 1 aliphatic rings. The summed E-state index contributed by atoms with van der Waals surface area (Å²) in [5.74, 6) is -0.00835. The van der Waals surface area contributed by atoms with Gasteiger partial charge in [0.2, 0.25) is 11.8 Å². The van der Waals surface area contributed by atoms with Crippen LogP contribution < -0.4 is 0 Å². The van der Waals surface area contributed by atoms with E-state index in [0.717, 1.165) is 0 Å². The van der Waals surface area contributed by atoms with Gasteiger partial charge >= 0.3 is 0 Å². The van der Waals surface area contributed by atoms with Gasteiger partial charge in [0.05, 0.1) is 0 Å². The Kier molecular flexibility index (Phi) is 4.27. The van der Waals surface area contributed by atoms with Crippen molar-refractivity contribution in [3.8, 4) is 0 Å². The van der Waals surface area contributed by atoms with Crippen LogP contribution in [0.2, 0.25) is 0 Å². The molecule has 86 valence electrons. The van der Waals surface area contributed by atoms with Crippen molar-refractivity contribution in [1.29, 1.82) is 0 Å². The number of rotatable bonds is 4. The molecule has 0 aromatic heterocycles. The number of likely N-dealkylation sites (tertiary alicyclic amines) is 1. The summed E-state index contributed by atoms with van der Waals surface area (Å²) in [5.41, 5.74) is 0. The highest BCUT2D eigenvalue weighted by Gasteiger charge is 2.34. The summed E-state index contributed by atoms with van der Waals surface area (Å²) in [6.45, 7) is 3.87. The Bertz CT molecular complexity index is 234. The second kappa shape index (κ2) is 5.26. The van der Waals surface area contributed by atoms with Crippen LogP contribution in [0.3, 0.4) is 0 Å². The summed E-state index contributed by atoms with van der Waals surface area (Å²) in [6.07, 6.45) is 2.11. The van der Waals surface area contributed by atoms with Gasteiger partial charge in [0.15, 0.2) is 0 Å². The van der Waals surface area contributed by atoms with Gasteiger partial charge in [-0.3, -0.25) is 14.5 Å². The maximum Gasteiger partial charge on any atom is 0.229 e. The maximum atomic E-state index is 11.7. The van der Waals surface area contributed by atoms with Gasteiger partial charge < -0.3 is 5.11 Å². The van der Waals surface area contributed by atoms with E-state index in [4.69, 9.17) is 5.11 Å². The fourth-order valence-corrected chi connectivity index (χ4v) is 2.08. The Hall–Kier alpha value is -0.900. The molecule has 0 aromatic carbocycles. The van der Waals surface area contributed by atoms with Crippen molar-refractivity contribution in [2.45, 2.75) is 45.6 Å². The largest absolute Gasteiger partial charge is 0.396 e. The molecule has 0 aromatic rings. The SMILES string of the molecule is CCC(CCO)N1C(=O)CC(C)CC1=O. The minimum atomic E-state index is -0.123. The van der Waals surface area contributed by atoms with Crippen LogP contribution in [-0.4, -0.2) is 34.5 Å². The summed E-state index contributed by atoms with van der Waals surface area (Å²) < 4.78 is 0. The zero-order valence-electron chi connectivity index (χ0n) is 9.40. The van der Waals surface area contributed by atoms with E-state index in [1.165, 1.54) is 4.90 Å². The van der Waals surface area contributed by atoms with Crippen molar-refractivity contribution in [3.63, 3.8) is 0 Å². The number of amides is 2. The lowest BCUT2D eigenvalue weighted by atomic mass is 9.95. The number of aliphatic hydroxyl groups is 1. The van der Waals surface area contributed by atoms with E-state index >= 15 is 0 Å². The second-order valence-corrected chi connectivity index (χ2v) is 4.25. The highest BCUT2D eigenvalue weighted by atomic mass is 16.3. The number of nitrogens with zero attached hydrogens (tertiary/aromatic N) is 1. The fraction of sp³-hybridized carbons (Fsp3) is 0.818. The van der Waals surface area contributed by atoms with Crippen LogP contribution in [0.4, 0.5) is 0 Å². The maximum absolute atomic E-state index is 11.7. The number of piperidine rings is 1. The molecule has 1 rings (SSSR count). The molecule has 1 heterocycles. The van der Waals surface area contributed by atoms with Crippen LogP contribution >= 0.6 is 0 Å². The van der Waals surface area contributed by atoms with Crippen molar-refractivity contribution >= 4 is 11.8 Å². The third-order valence-corrected chi connectivity index (χ3v) is 2.88. The van der Waals surface area contributed by atoms with Crippen LogP contribution in [0.15, 0.2) is 0 Å². The lowest BCUT2D eigenvalue weighted by Crippen LogP contribution is -2.48. The highest BCUT2D eigenvalue weighted by molar-refractivity contribution is 5.98. The molecule has 1 saturated heterocycles. The number of hydrogen-bond donors (Lipinski definition) is 1. The second-order valence-electron chi connectivity index (χ2n) is 4.25. The predicted octanol–water partition coefficient (Wildman–Crippen LogP) is 0.933. The molecule has 0 bridgehead atoms. The lowest BCUT2D eigenvalue weighted by Gasteiger charge is -2.34. The number of hydrogen-bond acceptors (Lipinski definition) is 3. The zero-order chi connectivity index (χ0) is 11.4. The molecule has 0 aliphatic carbocycles. The minimum Gasteiger partial charge on any atom is -0.396 e. The molecule has 0 spiro atoms. The molecule has 4 heteroatoms. The van der Waals surface area contributed by atoms with Gasteiger partial charge in [-0.1, -0.05) is 13.8 Å². The molecule has 1 aliphatic heterocycles. The Morgan fingerprint density at radius 1 is 1.40 bits per heavy atom. The molecule has 0 radical (unpaired) electrons. The Balaban J connectivity index is 2.73. The third kappa shape index (κ3) is 2.78. The smallest absolute Gasteiger partial charge is 0.229 e. The van der Waals surface area contributed by atoms with Crippen LogP contribution in [-0.2, 0) is 9.59 Å². The van der Waals surface area contributed by atoms with E-state index in [1.807, 2.05) is 13.8 Å². The first-order valence-corrected chi connectivity index (χ1v) is 5.55. The minimum absolute atomic E-state index is 0.0190. The summed E-state index contributed by atoms with van der Waals surface area (Å²) >= 11 is 0. The van der Waals surface area contributed by atoms with Crippen molar-refractivity contribution in [3.05, 3.63) is 0 Å². The summed E-state index contributed by atoms with van der Waals surface area (Å²) in [4.78, 5) is 24.8. The van der Waals surface area contributed by atoms with Gasteiger partial charge in [-0.25, -0.2) is 0 Å². The van der Waals surface area contributed by atoms with Crippen molar-refractivity contribution in [2.24, 2.45) is 5.92 Å². The molecule has 15 heavy (non-hydrogen) atoms. The highest BCUT2D eigenvalue weighted by Crippen LogP contribution is 2.23. The van der Waals surface area contributed by atoms with Gasteiger partial charge in [-0.15, -0.1) is 0 Å². The zero-order valence-corrected chi connectivity index (χ0v) is 9.40. The number of carbonyl (C=O) groups is 2. The van der Waals surface area contributed by atoms with E-state index in [-0.39, 0.29) is 30.4 Å². The summed E-state index contributed by atoms with van der Waals surface area (Å²) in [7, 11) is 0. The van der Waals surface area contributed by atoms with Crippen molar-refractivity contribution in [2.75, 3.05) is 6.61 Å². The average molecular weight is 213 g/mol. The first-order chi connectivity index (χ1) is 7.10. The van der Waals surface area contributed by atoms with Crippen molar-refractivity contribution < 1.29 is 14.7 Å². The number of aliphatic hydroxyl groups excluding tert-OH is 1. The molecule has 0 saturated carbocycles. The van der Waals surface area contributed by atoms with Gasteiger partial charge in [0.1, 0.15) is 0 Å². The number of imide groups is 1. The Morgan fingerprint density at radius 2 is 1.93 bits per heavy atom. The van der Waals surface area contributed by atoms with E-state index in [1.54, 1.807) is 0 Å². The molecule has 1 N–H and O–H groups in total. The van der Waals surface area contributed by atoms with E-state index in [0.29, 0.717) is 25.7 Å². The molecule has 4 nitrogen and oxygen atoms in total.